The van der Waals surface area contributed by atoms with Gasteiger partial charge in [-0.3, -0.25) is 4.79 Å². The lowest BCUT2D eigenvalue weighted by Gasteiger charge is -2.43. The quantitative estimate of drug-likeness (QED) is 0.333. The summed E-state index contributed by atoms with van der Waals surface area (Å²) in [5.74, 6) is 0.0572. The van der Waals surface area contributed by atoms with E-state index in [1.54, 1.807) is 27.6 Å². The van der Waals surface area contributed by atoms with E-state index in [1.165, 1.54) is 10.4 Å². The van der Waals surface area contributed by atoms with E-state index < -0.39 is 5.54 Å². The lowest BCUT2D eigenvalue weighted by Crippen LogP contribution is -2.47. The second-order valence-electron chi connectivity index (χ2n) is 7.13. The van der Waals surface area contributed by atoms with Crippen molar-refractivity contribution in [3.05, 3.63) is 56.7 Å². The molecule has 2 heterocycles. The van der Waals surface area contributed by atoms with Crippen LogP contribution < -0.4 is 4.90 Å². The number of aryl methyl sites for hydroxylation is 1. The number of benzene rings is 2. The maximum atomic E-state index is 12.6. The van der Waals surface area contributed by atoms with Crippen molar-refractivity contribution in [3.8, 4) is 22.3 Å². The summed E-state index contributed by atoms with van der Waals surface area (Å²) in [6.07, 6.45) is 0. The zero-order valence-electron chi connectivity index (χ0n) is 15.1. The molecule has 0 atom stereocenters. The SMILES string of the molecule is CC(=O)N1c2c(C)cc(-c3ccccc3)cc2-c2c(ssc2=S)C1(C)C. The van der Waals surface area contributed by atoms with Crippen molar-refractivity contribution in [2.24, 2.45) is 0 Å². The molecule has 3 aromatic rings. The minimum atomic E-state index is -0.397. The summed E-state index contributed by atoms with van der Waals surface area (Å²) < 4.78 is 0.909. The van der Waals surface area contributed by atoms with Crippen LogP contribution in [0.5, 0.6) is 0 Å². The Labute approximate surface area is 166 Å². The van der Waals surface area contributed by atoms with Crippen LogP contribution in [-0.4, -0.2) is 5.91 Å². The first-order chi connectivity index (χ1) is 12.3. The Morgan fingerprint density at radius 2 is 1.77 bits per heavy atom. The van der Waals surface area contributed by atoms with Gasteiger partial charge in [-0.2, -0.15) is 0 Å². The number of fused-ring (bicyclic) bond motifs is 3. The van der Waals surface area contributed by atoms with Gasteiger partial charge in [0.2, 0.25) is 5.91 Å². The molecule has 0 radical (unpaired) electrons. The van der Waals surface area contributed by atoms with Gasteiger partial charge in [0.25, 0.3) is 0 Å². The highest BCUT2D eigenvalue weighted by Crippen LogP contribution is 2.53. The van der Waals surface area contributed by atoms with Gasteiger partial charge in [-0.15, -0.1) is 0 Å². The summed E-state index contributed by atoms with van der Waals surface area (Å²) in [7, 11) is 3.32. The first-order valence-corrected chi connectivity index (χ1v) is 11.0. The molecule has 1 aliphatic heterocycles. The van der Waals surface area contributed by atoms with Crippen LogP contribution in [0.3, 0.4) is 0 Å². The minimum Gasteiger partial charge on any atom is -0.301 e. The number of hydrogen-bond acceptors (Lipinski definition) is 4. The molecule has 0 aliphatic carbocycles. The van der Waals surface area contributed by atoms with Crippen LogP contribution in [0.1, 0.15) is 31.2 Å². The van der Waals surface area contributed by atoms with E-state index >= 15 is 0 Å². The largest absolute Gasteiger partial charge is 0.301 e. The third-order valence-corrected chi connectivity index (χ3v) is 8.29. The van der Waals surface area contributed by atoms with E-state index in [2.05, 4.69) is 45.0 Å². The molecule has 1 amide bonds. The number of rotatable bonds is 1. The maximum Gasteiger partial charge on any atom is 0.224 e. The van der Waals surface area contributed by atoms with Gasteiger partial charge in [0.05, 0.1) is 16.1 Å². The van der Waals surface area contributed by atoms with Crippen molar-refractivity contribution in [2.45, 2.75) is 33.2 Å². The number of anilines is 1. The van der Waals surface area contributed by atoms with Crippen LogP contribution in [0.15, 0.2) is 42.5 Å². The fourth-order valence-corrected chi connectivity index (χ4v) is 7.17. The van der Waals surface area contributed by atoms with Crippen molar-refractivity contribution < 1.29 is 4.79 Å². The molecule has 1 aromatic heterocycles. The highest BCUT2D eigenvalue weighted by atomic mass is 32.9. The van der Waals surface area contributed by atoms with E-state index in [0.717, 1.165) is 31.8 Å². The van der Waals surface area contributed by atoms with Gasteiger partial charge in [0, 0.05) is 18.1 Å². The van der Waals surface area contributed by atoms with Crippen LogP contribution in [0.4, 0.5) is 5.69 Å². The predicted molar refractivity (Wildman–Crippen MR) is 115 cm³/mol. The topological polar surface area (TPSA) is 20.3 Å². The Balaban J connectivity index is 2.09. The summed E-state index contributed by atoms with van der Waals surface area (Å²) >= 11 is 5.68. The van der Waals surface area contributed by atoms with E-state index in [9.17, 15) is 4.79 Å². The van der Waals surface area contributed by atoms with E-state index in [0.29, 0.717) is 0 Å². The Morgan fingerprint density at radius 1 is 1.08 bits per heavy atom. The van der Waals surface area contributed by atoms with Gasteiger partial charge in [-0.25, -0.2) is 0 Å². The van der Waals surface area contributed by atoms with Crippen molar-refractivity contribution in [1.29, 1.82) is 0 Å². The smallest absolute Gasteiger partial charge is 0.224 e. The van der Waals surface area contributed by atoms with Crippen molar-refractivity contribution in [1.82, 2.24) is 0 Å². The van der Waals surface area contributed by atoms with Crippen molar-refractivity contribution in [2.75, 3.05) is 4.90 Å². The molecule has 0 bridgehead atoms. The average Bonchev–Trinajstić information content (AvgIpc) is 2.99. The summed E-state index contributed by atoms with van der Waals surface area (Å²) in [6.45, 7) is 7.95. The zero-order valence-corrected chi connectivity index (χ0v) is 17.6. The molecule has 0 saturated heterocycles. The van der Waals surface area contributed by atoms with Gasteiger partial charge >= 0.3 is 0 Å². The first-order valence-electron chi connectivity index (χ1n) is 8.47. The number of carbonyl (C=O) groups is 1. The molecule has 0 saturated carbocycles. The van der Waals surface area contributed by atoms with E-state index in [-0.39, 0.29) is 5.91 Å². The second kappa shape index (κ2) is 6.12. The zero-order chi connectivity index (χ0) is 18.6. The van der Waals surface area contributed by atoms with Crippen molar-refractivity contribution >= 4 is 44.5 Å². The molecule has 4 rings (SSSR count). The molecular formula is C21H19NOS3. The van der Waals surface area contributed by atoms with Crippen LogP contribution in [0, 0.1) is 10.7 Å². The Morgan fingerprint density at radius 3 is 2.42 bits per heavy atom. The third-order valence-electron chi connectivity index (χ3n) is 4.96. The molecule has 0 spiro atoms. The van der Waals surface area contributed by atoms with Gasteiger partial charge in [0.1, 0.15) is 3.82 Å². The predicted octanol–water partition coefficient (Wildman–Crippen LogP) is 6.78. The summed E-state index contributed by atoms with van der Waals surface area (Å²) in [6, 6.07) is 14.7. The summed E-state index contributed by atoms with van der Waals surface area (Å²) in [5.41, 5.74) is 6.23. The molecule has 0 fully saturated rings. The average molecular weight is 398 g/mol. The maximum absolute atomic E-state index is 12.6. The van der Waals surface area contributed by atoms with Gasteiger partial charge in [-0.05, 0) is 49.6 Å². The number of amides is 1. The molecule has 2 aromatic carbocycles. The highest BCUT2D eigenvalue weighted by Gasteiger charge is 2.42. The fourth-order valence-electron chi connectivity index (χ4n) is 3.89. The van der Waals surface area contributed by atoms with Gasteiger partial charge in [0.15, 0.2) is 0 Å². The van der Waals surface area contributed by atoms with E-state index in [1.807, 2.05) is 23.1 Å². The number of carbonyl (C=O) groups excluding carboxylic acids is 1. The van der Waals surface area contributed by atoms with Crippen LogP contribution in [0.25, 0.3) is 22.3 Å². The Hall–Kier alpha value is -1.82. The normalized spacial score (nSPS) is 14.7. The minimum absolute atomic E-state index is 0.0572. The van der Waals surface area contributed by atoms with Crippen molar-refractivity contribution in [3.63, 3.8) is 0 Å². The summed E-state index contributed by atoms with van der Waals surface area (Å²) in [5, 5.41) is 0. The van der Waals surface area contributed by atoms with Crippen LogP contribution in [-0.2, 0) is 10.3 Å². The number of nitrogens with zero attached hydrogens (tertiary/aromatic N) is 1. The molecule has 26 heavy (non-hydrogen) atoms. The Bertz CT molecular complexity index is 1080. The molecular weight excluding hydrogens is 378 g/mol. The molecule has 1 aliphatic rings. The molecule has 0 N–H and O–H groups in total. The molecule has 0 unspecified atom stereocenters. The molecule has 2 nitrogen and oxygen atoms in total. The number of hydrogen-bond donors (Lipinski definition) is 0. The lowest BCUT2D eigenvalue weighted by molar-refractivity contribution is -0.117. The third kappa shape index (κ3) is 2.49. The monoisotopic (exact) mass is 397 g/mol. The first kappa shape index (κ1) is 17.6. The standard InChI is InChI=1S/C21H19NOS3/c1-12-10-15(14-8-6-5-7-9-14)11-16-17-19(25-26-20(17)24)21(3,4)22(13(2)23)18(12)16/h5-11H,1-4H3. The van der Waals surface area contributed by atoms with Gasteiger partial charge < -0.3 is 4.90 Å². The van der Waals surface area contributed by atoms with Crippen LogP contribution >= 0.6 is 32.9 Å². The summed E-state index contributed by atoms with van der Waals surface area (Å²) in [4.78, 5) is 15.7. The molecule has 5 heteroatoms. The fraction of sp³-hybridized carbons (Fsp3) is 0.238. The van der Waals surface area contributed by atoms with Crippen LogP contribution in [0.2, 0.25) is 0 Å². The molecule has 132 valence electrons. The second-order valence-corrected chi connectivity index (χ2v) is 9.94. The highest BCUT2D eigenvalue weighted by molar-refractivity contribution is 7.80. The lowest BCUT2D eigenvalue weighted by atomic mass is 9.84. The van der Waals surface area contributed by atoms with Gasteiger partial charge in [-0.1, -0.05) is 63.2 Å². The Kier molecular flexibility index (Phi) is 4.14. The van der Waals surface area contributed by atoms with E-state index in [4.69, 9.17) is 12.2 Å².